The first kappa shape index (κ1) is 11.7. The number of carbonyl (C=O) groups excluding carboxylic acids is 1. The Hall–Kier alpha value is -1.38. The first-order chi connectivity index (χ1) is 8.72. The maximum Gasteiger partial charge on any atom is 0.224 e. The van der Waals surface area contributed by atoms with E-state index in [9.17, 15) is 9.18 Å². The summed E-state index contributed by atoms with van der Waals surface area (Å²) in [6.07, 6.45) is 5.11. The zero-order valence-corrected chi connectivity index (χ0v) is 10.4. The van der Waals surface area contributed by atoms with E-state index in [0.29, 0.717) is 17.5 Å². The van der Waals surface area contributed by atoms with E-state index in [0.717, 1.165) is 12.3 Å². The van der Waals surface area contributed by atoms with Crippen LogP contribution in [0.3, 0.4) is 0 Å². The minimum absolute atomic E-state index is 0.0438. The molecule has 3 heteroatoms. The Kier molecular flexibility index (Phi) is 3.06. The van der Waals surface area contributed by atoms with E-state index in [-0.39, 0.29) is 18.1 Å². The van der Waals surface area contributed by atoms with Crippen LogP contribution in [0.4, 0.5) is 4.39 Å². The molecule has 2 saturated carbocycles. The minimum atomic E-state index is -0.291. The number of carbonyl (C=O) groups is 1. The predicted molar refractivity (Wildman–Crippen MR) is 67.5 cm³/mol. The first-order valence-corrected chi connectivity index (χ1v) is 6.75. The molecule has 18 heavy (non-hydrogen) atoms. The van der Waals surface area contributed by atoms with Crippen LogP contribution in [0.5, 0.6) is 0 Å². The summed E-state index contributed by atoms with van der Waals surface area (Å²) in [4.78, 5) is 11.9. The number of halogens is 1. The molecule has 3 rings (SSSR count). The molecular weight excluding hydrogens is 229 g/mol. The Morgan fingerprint density at radius 3 is 2.78 bits per heavy atom. The Labute approximate surface area is 107 Å². The van der Waals surface area contributed by atoms with Gasteiger partial charge in [0.25, 0.3) is 0 Å². The van der Waals surface area contributed by atoms with Crippen LogP contribution in [0, 0.1) is 17.7 Å². The van der Waals surface area contributed by atoms with Gasteiger partial charge in [-0.3, -0.25) is 4.79 Å². The summed E-state index contributed by atoms with van der Waals surface area (Å²) in [6.45, 7) is 0. The minimum Gasteiger partial charge on any atom is -0.353 e. The number of benzene rings is 1. The van der Waals surface area contributed by atoms with Crippen molar-refractivity contribution in [2.75, 3.05) is 0 Å². The van der Waals surface area contributed by atoms with E-state index in [1.54, 1.807) is 18.2 Å². The standard InChI is InChI=1S/C15H18FNO/c16-13-4-2-1-3-11(13)9-15(18)17-14-8-10-5-6-12(14)7-10/h1-4,10,12,14H,5-9H2,(H,17,18)/t10-,12-,14+/m0/s1. The lowest BCUT2D eigenvalue weighted by Gasteiger charge is -2.22. The van der Waals surface area contributed by atoms with Crippen LogP contribution in [-0.4, -0.2) is 11.9 Å². The summed E-state index contributed by atoms with van der Waals surface area (Å²) >= 11 is 0. The highest BCUT2D eigenvalue weighted by atomic mass is 19.1. The molecule has 2 aliphatic carbocycles. The van der Waals surface area contributed by atoms with E-state index in [4.69, 9.17) is 0 Å². The van der Waals surface area contributed by atoms with Crippen LogP contribution in [0.2, 0.25) is 0 Å². The van der Waals surface area contributed by atoms with Crippen molar-refractivity contribution in [2.45, 2.75) is 38.1 Å². The van der Waals surface area contributed by atoms with E-state index < -0.39 is 0 Å². The molecule has 2 fully saturated rings. The molecule has 1 aromatic rings. The predicted octanol–water partition coefficient (Wildman–Crippen LogP) is 2.67. The highest BCUT2D eigenvalue weighted by Crippen LogP contribution is 2.44. The number of hydrogen-bond acceptors (Lipinski definition) is 1. The molecule has 0 aliphatic heterocycles. The van der Waals surface area contributed by atoms with E-state index in [2.05, 4.69) is 5.32 Å². The van der Waals surface area contributed by atoms with E-state index >= 15 is 0 Å². The second-order valence-electron chi connectivity index (χ2n) is 5.62. The van der Waals surface area contributed by atoms with Gasteiger partial charge in [0.1, 0.15) is 5.82 Å². The molecule has 0 radical (unpaired) electrons. The summed E-state index contributed by atoms with van der Waals surface area (Å²) in [5, 5.41) is 3.08. The van der Waals surface area contributed by atoms with Gasteiger partial charge in [-0.15, -0.1) is 0 Å². The number of fused-ring (bicyclic) bond motifs is 2. The summed E-state index contributed by atoms with van der Waals surface area (Å²) in [6, 6.07) is 6.83. The molecule has 1 amide bonds. The quantitative estimate of drug-likeness (QED) is 0.874. The van der Waals surface area contributed by atoms with Crippen molar-refractivity contribution in [1.82, 2.24) is 5.32 Å². The second-order valence-corrected chi connectivity index (χ2v) is 5.62. The molecule has 0 aromatic heterocycles. The SMILES string of the molecule is O=C(Cc1ccccc1F)N[C@@H]1C[C@H]2CC[C@H]1C2. The third-order valence-electron chi connectivity index (χ3n) is 4.39. The lowest BCUT2D eigenvalue weighted by atomic mass is 9.95. The molecule has 3 atom stereocenters. The van der Waals surface area contributed by atoms with Gasteiger partial charge in [0.15, 0.2) is 0 Å². The van der Waals surface area contributed by atoms with E-state index in [1.807, 2.05) is 0 Å². The highest BCUT2D eigenvalue weighted by Gasteiger charge is 2.39. The number of amides is 1. The molecule has 2 bridgehead atoms. The Balaban J connectivity index is 1.58. The van der Waals surface area contributed by atoms with Gasteiger partial charge < -0.3 is 5.32 Å². The molecule has 0 spiro atoms. The third kappa shape index (κ3) is 2.26. The van der Waals surface area contributed by atoms with Crippen molar-refractivity contribution in [2.24, 2.45) is 11.8 Å². The zero-order valence-electron chi connectivity index (χ0n) is 10.4. The lowest BCUT2D eigenvalue weighted by Crippen LogP contribution is -2.39. The van der Waals surface area contributed by atoms with Gasteiger partial charge in [-0.25, -0.2) is 4.39 Å². The van der Waals surface area contributed by atoms with Crippen LogP contribution in [-0.2, 0) is 11.2 Å². The molecule has 96 valence electrons. The molecule has 2 nitrogen and oxygen atoms in total. The largest absolute Gasteiger partial charge is 0.353 e. The Morgan fingerprint density at radius 1 is 1.28 bits per heavy atom. The second kappa shape index (κ2) is 4.71. The van der Waals surface area contributed by atoms with Crippen molar-refractivity contribution in [3.63, 3.8) is 0 Å². The van der Waals surface area contributed by atoms with E-state index in [1.165, 1.54) is 25.3 Å². The average Bonchev–Trinajstić information content (AvgIpc) is 2.94. The molecular formula is C15H18FNO. The van der Waals surface area contributed by atoms with Crippen LogP contribution >= 0.6 is 0 Å². The van der Waals surface area contributed by atoms with Crippen molar-refractivity contribution in [1.29, 1.82) is 0 Å². The third-order valence-corrected chi connectivity index (χ3v) is 4.39. The van der Waals surface area contributed by atoms with Gasteiger partial charge >= 0.3 is 0 Å². The van der Waals surface area contributed by atoms with Gasteiger partial charge in [0, 0.05) is 6.04 Å². The molecule has 2 aliphatic rings. The summed E-state index contributed by atoms with van der Waals surface area (Å²) < 4.78 is 13.4. The fourth-order valence-corrected chi connectivity index (χ4v) is 3.49. The molecule has 0 saturated heterocycles. The van der Waals surface area contributed by atoms with Crippen LogP contribution in [0.1, 0.15) is 31.2 Å². The summed E-state index contributed by atoms with van der Waals surface area (Å²) in [7, 11) is 0. The summed E-state index contributed by atoms with van der Waals surface area (Å²) in [5.41, 5.74) is 0.484. The monoisotopic (exact) mass is 247 g/mol. The maximum absolute atomic E-state index is 13.4. The van der Waals surface area contributed by atoms with Gasteiger partial charge in [0.05, 0.1) is 6.42 Å². The number of nitrogens with one attached hydrogen (secondary N) is 1. The van der Waals surface area contributed by atoms with Gasteiger partial charge in [-0.05, 0) is 42.7 Å². The lowest BCUT2D eigenvalue weighted by molar-refractivity contribution is -0.121. The number of hydrogen-bond donors (Lipinski definition) is 1. The highest BCUT2D eigenvalue weighted by molar-refractivity contribution is 5.79. The first-order valence-electron chi connectivity index (χ1n) is 6.75. The number of rotatable bonds is 3. The Bertz CT molecular complexity index is 460. The Morgan fingerprint density at radius 2 is 2.11 bits per heavy atom. The molecule has 0 unspecified atom stereocenters. The van der Waals surface area contributed by atoms with Gasteiger partial charge in [-0.2, -0.15) is 0 Å². The maximum atomic E-state index is 13.4. The zero-order chi connectivity index (χ0) is 12.5. The average molecular weight is 247 g/mol. The fraction of sp³-hybridized carbons (Fsp3) is 0.533. The van der Waals surface area contributed by atoms with Crippen LogP contribution in [0.25, 0.3) is 0 Å². The van der Waals surface area contributed by atoms with Crippen molar-refractivity contribution < 1.29 is 9.18 Å². The summed E-state index contributed by atoms with van der Waals surface area (Å²) in [5.74, 6) is 1.14. The van der Waals surface area contributed by atoms with Crippen molar-refractivity contribution in [3.05, 3.63) is 35.6 Å². The normalized spacial score (nSPS) is 29.5. The van der Waals surface area contributed by atoms with Crippen molar-refractivity contribution >= 4 is 5.91 Å². The fourth-order valence-electron chi connectivity index (χ4n) is 3.49. The van der Waals surface area contributed by atoms with Gasteiger partial charge in [0.2, 0.25) is 5.91 Å². The molecule has 0 heterocycles. The smallest absolute Gasteiger partial charge is 0.224 e. The van der Waals surface area contributed by atoms with Crippen molar-refractivity contribution in [3.8, 4) is 0 Å². The van der Waals surface area contributed by atoms with Crippen LogP contribution in [0.15, 0.2) is 24.3 Å². The van der Waals surface area contributed by atoms with Crippen LogP contribution < -0.4 is 5.32 Å². The van der Waals surface area contributed by atoms with Gasteiger partial charge in [-0.1, -0.05) is 24.6 Å². The molecule has 1 aromatic carbocycles. The molecule has 1 N–H and O–H groups in total. The topological polar surface area (TPSA) is 29.1 Å².